The predicted octanol–water partition coefficient (Wildman–Crippen LogP) is 0.766. The van der Waals surface area contributed by atoms with Crippen molar-refractivity contribution in [1.82, 2.24) is 10.2 Å². The molecule has 0 bridgehead atoms. The SMILES string of the molecule is COCC1(CNC(=O)C2(O)CCN(C)CC2)CCCC1. The minimum absolute atomic E-state index is 0.0756. The lowest BCUT2D eigenvalue weighted by atomic mass is 9.86. The Morgan fingerprint density at radius 3 is 2.40 bits per heavy atom. The zero-order valence-corrected chi connectivity index (χ0v) is 12.8. The third-order valence-corrected chi connectivity index (χ3v) is 4.98. The third kappa shape index (κ3) is 3.51. The fourth-order valence-electron chi connectivity index (χ4n) is 3.45. The summed E-state index contributed by atoms with van der Waals surface area (Å²) in [7, 11) is 3.73. The number of amides is 1. The molecule has 2 rings (SSSR count). The smallest absolute Gasteiger partial charge is 0.252 e. The van der Waals surface area contributed by atoms with Crippen LogP contribution in [0.15, 0.2) is 0 Å². The molecule has 5 nitrogen and oxygen atoms in total. The summed E-state index contributed by atoms with van der Waals surface area (Å²) in [6.07, 6.45) is 5.65. The van der Waals surface area contributed by atoms with Crippen LogP contribution in [0.25, 0.3) is 0 Å². The van der Waals surface area contributed by atoms with Crippen LogP contribution in [0.5, 0.6) is 0 Å². The fraction of sp³-hybridized carbons (Fsp3) is 0.933. The number of carbonyl (C=O) groups excluding carboxylic acids is 1. The van der Waals surface area contributed by atoms with Crippen LogP contribution in [0.3, 0.4) is 0 Å². The Hall–Kier alpha value is -0.650. The molecule has 1 saturated heterocycles. The Morgan fingerprint density at radius 2 is 1.85 bits per heavy atom. The van der Waals surface area contributed by atoms with Crippen LogP contribution in [-0.4, -0.2) is 61.9 Å². The van der Waals surface area contributed by atoms with Crippen LogP contribution in [0.4, 0.5) is 0 Å². The summed E-state index contributed by atoms with van der Waals surface area (Å²) in [5.74, 6) is -0.201. The van der Waals surface area contributed by atoms with Gasteiger partial charge in [-0.3, -0.25) is 4.79 Å². The van der Waals surface area contributed by atoms with Gasteiger partial charge >= 0.3 is 0 Å². The Labute approximate surface area is 121 Å². The lowest BCUT2D eigenvalue weighted by Gasteiger charge is -2.36. The molecule has 116 valence electrons. The van der Waals surface area contributed by atoms with Crippen LogP contribution < -0.4 is 5.32 Å². The molecule has 0 radical (unpaired) electrons. The van der Waals surface area contributed by atoms with Gasteiger partial charge in [0.25, 0.3) is 5.91 Å². The molecule has 0 aromatic rings. The van der Waals surface area contributed by atoms with E-state index < -0.39 is 5.60 Å². The van der Waals surface area contributed by atoms with Crippen LogP contribution in [-0.2, 0) is 9.53 Å². The van der Waals surface area contributed by atoms with Crippen LogP contribution in [0, 0.1) is 5.41 Å². The van der Waals surface area contributed by atoms with Crippen molar-refractivity contribution in [2.24, 2.45) is 5.41 Å². The number of methoxy groups -OCH3 is 1. The number of ether oxygens (including phenoxy) is 1. The number of piperidine rings is 1. The zero-order chi connectivity index (χ0) is 14.6. The standard InChI is InChI=1S/C15H28N2O3/c1-17-9-7-15(19,8-10-17)13(18)16-11-14(12-20-2)5-3-4-6-14/h19H,3-12H2,1-2H3,(H,16,18). The third-order valence-electron chi connectivity index (χ3n) is 4.98. The lowest BCUT2D eigenvalue weighted by Crippen LogP contribution is -2.54. The van der Waals surface area contributed by atoms with Crippen molar-refractivity contribution in [1.29, 1.82) is 0 Å². The van der Waals surface area contributed by atoms with Crippen LogP contribution in [0.2, 0.25) is 0 Å². The van der Waals surface area contributed by atoms with Gasteiger partial charge in [0.1, 0.15) is 5.60 Å². The van der Waals surface area contributed by atoms with Gasteiger partial charge in [-0.25, -0.2) is 0 Å². The van der Waals surface area contributed by atoms with E-state index in [-0.39, 0.29) is 11.3 Å². The lowest BCUT2D eigenvalue weighted by molar-refractivity contribution is -0.145. The molecular weight excluding hydrogens is 256 g/mol. The normalized spacial score (nSPS) is 25.6. The van der Waals surface area contributed by atoms with Gasteiger partial charge in [0.05, 0.1) is 6.61 Å². The molecule has 1 heterocycles. The first kappa shape index (κ1) is 15.7. The molecular formula is C15H28N2O3. The van der Waals surface area contributed by atoms with E-state index in [1.807, 2.05) is 7.05 Å². The first-order chi connectivity index (χ1) is 9.50. The molecule has 1 aliphatic heterocycles. The Bertz CT molecular complexity index is 332. The summed E-state index contributed by atoms with van der Waals surface area (Å²) in [5.41, 5.74) is -1.11. The van der Waals surface area contributed by atoms with Crippen molar-refractivity contribution < 1.29 is 14.6 Å². The van der Waals surface area contributed by atoms with Gasteiger partial charge in [-0.05, 0) is 32.7 Å². The van der Waals surface area contributed by atoms with Crippen molar-refractivity contribution >= 4 is 5.91 Å². The summed E-state index contributed by atoms with van der Waals surface area (Å²) in [6.45, 7) is 2.85. The molecule has 1 saturated carbocycles. The number of nitrogens with zero attached hydrogens (tertiary/aromatic N) is 1. The van der Waals surface area contributed by atoms with E-state index in [1.165, 1.54) is 12.8 Å². The van der Waals surface area contributed by atoms with Crippen molar-refractivity contribution in [3.63, 3.8) is 0 Å². The number of aliphatic hydroxyl groups is 1. The molecule has 1 amide bonds. The molecule has 2 N–H and O–H groups in total. The quantitative estimate of drug-likeness (QED) is 0.783. The highest BCUT2D eigenvalue weighted by Crippen LogP contribution is 2.37. The molecule has 0 unspecified atom stereocenters. The average Bonchev–Trinajstić information content (AvgIpc) is 2.89. The topological polar surface area (TPSA) is 61.8 Å². The minimum Gasteiger partial charge on any atom is -0.384 e. The highest BCUT2D eigenvalue weighted by molar-refractivity contribution is 5.85. The van der Waals surface area contributed by atoms with Crippen molar-refractivity contribution in [3.05, 3.63) is 0 Å². The molecule has 5 heteroatoms. The van der Waals surface area contributed by atoms with Gasteiger partial charge in [-0.15, -0.1) is 0 Å². The van der Waals surface area contributed by atoms with E-state index in [9.17, 15) is 9.90 Å². The summed E-state index contributed by atoms with van der Waals surface area (Å²) in [6, 6.07) is 0. The van der Waals surface area contributed by atoms with Gasteiger partial charge in [0, 0.05) is 32.2 Å². The molecule has 0 aromatic carbocycles. The van der Waals surface area contributed by atoms with E-state index >= 15 is 0 Å². The van der Waals surface area contributed by atoms with Crippen LogP contribution in [0.1, 0.15) is 38.5 Å². The fourth-order valence-corrected chi connectivity index (χ4v) is 3.45. The van der Waals surface area contributed by atoms with Gasteiger partial charge in [-0.2, -0.15) is 0 Å². The Balaban J connectivity index is 1.87. The van der Waals surface area contributed by atoms with E-state index in [2.05, 4.69) is 10.2 Å². The van der Waals surface area contributed by atoms with Crippen molar-refractivity contribution in [3.8, 4) is 0 Å². The molecule has 1 aliphatic carbocycles. The molecule has 0 aromatic heterocycles. The molecule has 0 atom stereocenters. The van der Waals surface area contributed by atoms with Crippen molar-refractivity contribution in [2.45, 2.75) is 44.1 Å². The van der Waals surface area contributed by atoms with E-state index in [1.54, 1.807) is 7.11 Å². The second-order valence-corrected chi connectivity index (χ2v) is 6.66. The van der Waals surface area contributed by atoms with E-state index in [0.29, 0.717) is 26.0 Å². The number of carbonyl (C=O) groups is 1. The molecule has 2 fully saturated rings. The Morgan fingerprint density at radius 1 is 1.25 bits per heavy atom. The van der Waals surface area contributed by atoms with Crippen molar-refractivity contribution in [2.75, 3.05) is 40.4 Å². The average molecular weight is 284 g/mol. The minimum atomic E-state index is -1.18. The number of rotatable bonds is 5. The number of nitrogens with one attached hydrogen (secondary N) is 1. The second-order valence-electron chi connectivity index (χ2n) is 6.66. The van der Waals surface area contributed by atoms with Gasteiger partial charge < -0.3 is 20.1 Å². The number of hydrogen-bond acceptors (Lipinski definition) is 4. The first-order valence-electron chi connectivity index (χ1n) is 7.68. The maximum absolute atomic E-state index is 12.3. The summed E-state index contributed by atoms with van der Waals surface area (Å²) < 4.78 is 5.33. The zero-order valence-electron chi connectivity index (χ0n) is 12.8. The predicted molar refractivity (Wildman–Crippen MR) is 77.5 cm³/mol. The molecule has 20 heavy (non-hydrogen) atoms. The first-order valence-corrected chi connectivity index (χ1v) is 7.68. The van der Waals surface area contributed by atoms with E-state index in [4.69, 9.17) is 4.74 Å². The van der Waals surface area contributed by atoms with Crippen LogP contribution >= 0.6 is 0 Å². The maximum atomic E-state index is 12.3. The summed E-state index contributed by atoms with van der Waals surface area (Å²) >= 11 is 0. The Kier molecular flexibility index (Phi) is 5.04. The second kappa shape index (κ2) is 6.41. The number of hydrogen-bond donors (Lipinski definition) is 2. The molecule has 0 spiro atoms. The summed E-state index contributed by atoms with van der Waals surface area (Å²) in [4.78, 5) is 14.5. The largest absolute Gasteiger partial charge is 0.384 e. The van der Waals surface area contributed by atoms with Gasteiger partial charge in [0.2, 0.25) is 0 Å². The summed E-state index contributed by atoms with van der Waals surface area (Å²) in [5, 5.41) is 13.5. The highest BCUT2D eigenvalue weighted by Gasteiger charge is 2.40. The monoisotopic (exact) mass is 284 g/mol. The van der Waals surface area contributed by atoms with E-state index in [0.717, 1.165) is 25.9 Å². The number of likely N-dealkylation sites (tertiary alicyclic amines) is 1. The van der Waals surface area contributed by atoms with Gasteiger partial charge in [-0.1, -0.05) is 12.8 Å². The van der Waals surface area contributed by atoms with Gasteiger partial charge in [0.15, 0.2) is 0 Å². The maximum Gasteiger partial charge on any atom is 0.252 e. The molecule has 2 aliphatic rings. The highest BCUT2D eigenvalue weighted by atomic mass is 16.5.